The van der Waals surface area contributed by atoms with E-state index in [0.29, 0.717) is 0 Å². The molecule has 0 aliphatic carbocycles. The topological polar surface area (TPSA) is 18.5 Å². The molecule has 0 atom stereocenters. The molecule has 0 aromatic heterocycles. The van der Waals surface area contributed by atoms with Crippen LogP contribution < -0.4 is 0 Å². The van der Waals surface area contributed by atoms with Crippen LogP contribution in [0.1, 0.15) is 0 Å². The van der Waals surface area contributed by atoms with Crippen LogP contribution in [0.5, 0.6) is 0 Å². The van der Waals surface area contributed by atoms with E-state index in [-0.39, 0.29) is 0 Å². The molecule has 0 bridgehead atoms. The second-order valence-electron chi connectivity index (χ2n) is 1.59. The Morgan fingerprint density at radius 3 is 1.70 bits per heavy atom. The molecule has 2 aliphatic heterocycles. The fourth-order valence-electron chi connectivity index (χ4n) is 0.606. The minimum Gasteiger partial charge on any atom is -0.453 e. The van der Waals surface area contributed by atoms with Crippen LogP contribution in [0.4, 0.5) is 0 Å². The molecule has 0 N–H and O–H groups in total. The molecule has 0 spiro atoms. The van der Waals surface area contributed by atoms with Crippen molar-refractivity contribution < 1.29 is 9.47 Å². The van der Waals surface area contributed by atoms with E-state index in [9.17, 15) is 0 Å². The van der Waals surface area contributed by atoms with Gasteiger partial charge in [-0.05, 0) is 0 Å². The standard InChI is InChI=1S/C6H4O2S2/c1-3-9-5(7-1)6-8-2-4-10-6/h1-4H/b6-5-. The number of thioether (sulfide) groups is 2. The third kappa shape index (κ3) is 1.04. The van der Waals surface area contributed by atoms with Gasteiger partial charge in [0.25, 0.3) is 0 Å². The Hall–Kier alpha value is -0.480. The van der Waals surface area contributed by atoms with Crippen molar-refractivity contribution in [2.75, 3.05) is 0 Å². The molecule has 52 valence electrons. The third-order valence-corrected chi connectivity index (χ3v) is 2.59. The first-order chi connectivity index (χ1) is 4.97. The second kappa shape index (κ2) is 2.64. The first kappa shape index (κ1) is 6.24. The average molecular weight is 172 g/mol. The molecule has 2 nitrogen and oxygen atoms in total. The van der Waals surface area contributed by atoms with E-state index >= 15 is 0 Å². The highest BCUT2D eigenvalue weighted by molar-refractivity contribution is 8.09. The molecule has 0 aromatic rings. The summed E-state index contributed by atoms with van der Waals surface area (Å²) in [6.07, 6.45) is 3.30. The fourth-order valence-corrected chi connectivity index (χ4v) is 1.88. The number of hydrogen-bond donors (Lipinski definition) is 0. The normalized spacial score (nSPS) is 28.8. The molecule has 0 saturated heterocycles. The van der Waals surface area contributed by atoms with Crippen molar-refractivity contribution in [3.8, 4) is 0 Å². The molecule has 0 fully saturated rings. The van der Waals surface area contributed by atoms with Gasteiger partial charge in [0.2, 0.25) is 10.2 Å². The maximum absolute atomic E-state index is 5.11. The van der Waals surface area contributed by atoms with Gasteiger partial charge in [-0.2, -0.15) is 0 Å². The van der Waals surface area contributed by atoms with Gasteiger partial charge in [0.15, 0.2) is 0 Å². The average Bonchev–Trinajstić information content (AvgIpc) is 2.59. The van der Waals surface area contributed by atoms with Crippen molar-refractivity contribution >= 4 is 23.5 Å². The van der Waals surface area contributed by atoms with E-state index in [0.717, 1.165) is 10.2 Å². The molecular formula is C6H4O2S2. The maximum Gasteiger partial charge on any atom is 0.213 e. The highest BCUT2D eigenvalue weighted by atomic mass is 32.2. The minimum atomic E-state index is 0.829. The summed E-state index contributed by atoms with van der Waals surface area (Å²) in [4.78, 5) is 0. The molecule has 2 heterocycles. The van der Waals surface area contributed by atoms with Gasteiger partial charge in [-0.3, -0.25) is 0 Å². The van der Waals surface area contributed by atoms with Crippen LogP contribution in [0.2, 0.25) is 0 Å². The van der Waals surface area contributed by atoms with Crippen LogP contribution in [0.15, 0.2) is 33.5 Å². The van der Waals surface area contributed by atoms with E-state index in [1.807, 2.05) is 10.8 Å². The molecular weight excluding hydrogens is 168 g/mol. The van der Waals surface area contributed by atoms with E-state index in [4.69, 9.17) is 9.47 Å². The predicted molar refractivity (Wildman–Crippen MR) is 42.7 cm³/mol. The van der Waals surface area contributed by atoms with Crippen LogP contribution in [0, 0.1) is 0 Å². The van der Waals surface area contributed by atoms with Crippen molar-refractivity contribution in [2.45, 2.75) is 0 Å². The molecule has 10 heavy (non-hydrogen) atoms. The predicted octanol–water partition coefficient (Wildman–Crippen LogP) is 2.58. The van der Waals surface area contributed by atoms with E-state index in [1.165, 1.54) is 23.5 Å². The van der Waals surface area contributed by atoms with E-state index < -0.39 is 0 Å². The first-order valence-electron chi connectivity index (χ1n) is 2.68. The van der Waals surface area contributed by atoms with Crippen molar-refractivity contribution in [3.05, 3.63) is 33.5 Å². The first-order valence-corrected chi connectivity index (χ1v) is 4.44. The van der Waals surface area contributed by atoms with Crippen LogP contribution in [0.25, 0.3) is 0 Å². The van der Waals surface area contributed by atoms with Crippen LogP contribution in [0.3, 0.4) is 0 Å². The molecule has 2 rings (SSSR count). The van der Waals surface area contributed by atoms with Crippen LogP contribution >= 0.6 is 23.5 Å². The molecule has 0 saturated carbocycles. The summed E-state index contributed by atoms with van der Waals surface area (Å²) >= 11 is 3.06. The quantitative estimate of drug-likeness (QED) is 0.558. The third-order valence-electron chi connectivity index (χ3n) is 0.978. The zero-order valence-corrected chi connectivity index (χ0v) is 6.58. The molecule has 0 unspecified atom stereocenters. The van der Waals surface area contributed by atoms with Gasteiger partial charge in [0, 0.05) is 10.8 Å². The van der Waals surface area contributed by atoms with E-state index in [1.54, 1.807) is 12.5 Å². The highest BCUT2D eigenvalue weighted by Gasteiger charge is 2.14. The number of rotatable bonds is 0. The number of hydrogen-bond acceptors (Lipinski definition) is 4. The van der Waals surface area contributed by atoms with Crippen LogP contribution in [-0.4, -0.2) is 0 Å². The lowest BCUT2D eigenvalue weighted by atomic mass is 11.0. The molecule has 0 amide bonds. The van der Waals surface area contributed by atoms with Gasteiger partial charge in [0.05, 0.1) is 12.5 Å². The molecule has 0 aromatic carbocycles. The summed E-state index contributed by atoms with van der Waals surface area (Å²) in [5.74, 6) is 0. The van der Waals surface area contributed by atoms with Gasteiger partial charge in [-0.15, -0.1) is 0 Å². The Kier molecular flexibility index (Phi) is 1.65. The summed E-state index contributed by atoms with van der Waals surface area (Å²) < 4.78 is 10.2. The van der Waals surface area contributed by atoms with Crippen molar-refractivity contribution in [3.63, 3.8) is 0 Å². The SMILES string of the molecule is C1=CS/C(=C2/OC=CS2)O1. The lowest BCUT2D eigenvalue weighted by Gasteiger charge is -1.99. The molecule has 4 heteroatoms. The lowest BCUT2D eigenvalue weighted by Crippen LogP contribution is -1.79. The largest absolute Gasteiger partial charge is 0.453 e. The van der Waals surface area contributed by atoms with Crippen LogP contribution in [-0.2, 0) is 9.47 Å². The zero-order chi connectivity index (χ0) is 6.81. The van der Waals surface area contributed by atoms with Crippen molar-refractivity contribution in [2.24, 2.45) is 0 Å². The van der Waals surface area contributed by atoms with E-state index in [2.05, 4.69) is 0 Å². The lowest BCUT2D eigenvalue weighted by molar-refractivity contribution is 0.333. The Morgan fingerprint density at radius 2 is 1.40 bits per heavy atom. The van der Waals surface area contributed by atoms with Gasteiger partial charge in [-0.1, -0.05) is 23.5 Å². The summed E-state index contributed by atoms with van der Waals surface area (Å²) in [6.45, 7) is 0. The van der Waals surface area contributed by atoms with Crippen molar-refractivity contribution in [1.82, 2.24) is 0 Å². The Bertz CT molecular complexity index is 186. The highest BCUT2D eigenvalue weighted by Crippen LogP contribution is 2.37. The van der Waals surface area contributed by atoms with Crippen molar-refractivity contribution in [1.29, 1.82) is 0 Å². The number of ether oxygens (including phenoxy) is 2. The van der Waals surface area contributed by atoms with Gasteiger partial charge in [0.1, 0.15) is 0 Å². The van der Waals surface area contributed by atoms with Gasteiger partial charge in [-0.25, -0.2) is 0 Å². The van der Waals surface area contributed by atoms with Gasteiger partial charge < -0.3 is 9.47 Å². The Labute approximate surface area is 67.0 Å². The smallest absolute Gasteiger partial charge is 0.213 e. The second-order valence-corrected chi connectivity index (χ2v) is 3.35. The Balaban J connectivity index is 2.14. The maximum atomic E-state index is 5.11. The monoisotopic (exact) mass is 172 g/mol. The summed E-state index contributed by atoms with van der Waals surface area (Å²) in [7, 11) is 0. The summed E-state index contributed by atoms with van der Waals surface area (Å²) in [6, 6.07) is 0. The molecule has 0 radical (unpaired) electrons. The zero-order valence-electron chi connectivity index (χ0n) is 4.94. The Morgan fingerprint density at radius 1 is 0.900 bits per heavy atom. The minimum absolute atomic E-state index is 0.829. The van der Waals surface area contributed by atoms with Gasteiger partial charge >= 0.3 is 0 Å². The summed E-state index contributed by atoms with van der Waals surface area (Å²) in [5.41, 5.74) is 0. The molecule has 2 aliphatic rings. The summed E-state index contributed by atoms with van der Waals surface area (Å²) in [5, 5.41) is 5.42. The fraction of sp³-hybridized carbons (Fsp3) is 0.